The summed E-state index contributed by atoms with van der Waals surface area (Å²) < 4.78 is 23.1. The van der Waals surface area contributed by atoms with Crippen LogP contribution in [-0.2, 0) is 9.84 Å². The van der Waals surface area contributed by atoms with E-state index in [1.54, 1.807) is 12.1 Å². The molecule has 1 aromatic carbocycles. The van der Waals surface area contributed by atoms with Gasteiger partial charge in [-0.2, -0.15) is 0 Å². The van der Waals surface area contributed by atoms with Crippen molar-refractivity contribution in [2.45, 2.75) is 57.4 Å². The Labute approximate surface area is 130 Å². The van der Waals surface area contributed by atoms with E-state index in [0.29, 0.717) is 16.9 Å². The van der Waals surface area contributed by atoms with E-state index in [9.17, 15) is 8.42 Å². The Morgan fingerprint density at radius 2 is 1.62 bits per heavy atom. The first-order valence-corrected chi connectivity index (χ1v) is 9.84. The SMILES string of the molecule is CCCNC(CC(CC)CC)c1ccc(S(C)(=O)=O)cc1. The molecule has 1 aromatic rings. The average molecular weight is 311 g/mol. The van der Waals surface area contributed by atoms with Gasteiger partial charge in [-0.05, 0) is 43.0 Å². The summed E-state index contributed by atoms with van der Waals surface area (Å²) in [5.41, 5.74) is 1.18. The third kappa shape index (κ3) is 5.79. The third-order valence-corrected chi connectivity index (χ3v) is 5.20. The Morgan fingerprint density at radius 1 is 1.05 bits per heavy atom. The standard InChI is InChI=1S/C17H29NO2S/c1-5-12-18-17(13-14(6-2)7-3)15-8-10-16(11-9-15)21(4,19)20/h8-11,14,17-18H,5-7,12-13H2,1-4H3. The van der Waals surface area contributed by atoms with Gasteiger partial charge < -0.3 is 5.32 Å². The van der Waals surface area contributed by atoms with E-state index in [2.05, 4.69) is 26.1 Å². The number of hydrogen-bond acceptors (Lipinski definition) is 3. The highest BCUT2D eigenvalue weighted by Crippen LogP contribution is 2.26. The molecule has 0 aliphatic carbocycles. The number of rotatable bonds is 9. The first-order chi connectivity index (χ1) is 9.92. The lowest BCUT2D eigenvalue weighted by Gasteiger charge is -2.23. The summed E-state index contributed by atoms with van der Waals surface area (Å²) in [6.07, 6.45) is 5.82. The first kappa shape index (κ1) is 18.2. The molecule has 0 aliphatic heterocycles. The van der Waals surface area contributed by atoms with Crippen molar-refractivity contribution in [1.29, 1.82) is 0 Å². The molecule has 0 amide bonds. The Kier molecular flexibility index (Phi) is 7.40. The monoisotopic (exact) mass is 311 g/mol. The van der Waals surface area contributed by atoms with E-state index in [-0.39, 0.29) is 0 Å². The van der Waals surface area contributed by atoms with E-state index in [1.807, 2.05) is 12.1 Å². The van der Waals surface area contributed by atoms with Crippen molar-refractivity contribution in [2.24, 2.45) is 5.92 Å². The quantitative estimate of drug-likeness (QED) is 0.751. The maximum Gasteiger partial charge on any atom is 0.175 e. The van der Waals surface area contributed by atoms with E-state index in [1.165, 1.54) is 24.7 Å². The number of benzene rings is 1. The van der Waals surface area contributed by atoms with Gasteiger partial charge in [0.25, 0.3) is 0 Å². The zero-order chi connectivity index (χ0) is 15.9. The fourth-order valence-electron chi connectivity index (χ4n) is 2.56. The predicted molar refractivity (Wildman–Crippen MR) is 89.3 cm³/mol. The Balaban J connectivity index is 2.91. The molecule has 0 aliphatic rings. The van der Waals surface area contributed by atoms with Crippen molar-refractivity contribution in [1.82, 2.24) is 5.32 Å². The molecule has 120 valence electrons. The van der Waals surface area contributed by atoms with Crippen molar-refractivity contribution >= 4 is 9.84 Å². The van der Waals surface area contributed by atoms with Crippen LogP contribution in [0.5, 0.6) is 0 Å². The van der Waals surface area contributed by atoms with Crippen molar-refractivity contribution in [3.05, 3.63) is 29.8 Å². The molecule has 3 nitrogen and oxygen atoms in total. The van der Waals surface area contributed by atoms with Crippen LogP contribution in [0.4, 0.5) is 0 Å². The minimum absolute atomic E-state index is 0.309. The summed E-state index contributed by atoms with van der Waals surface area (Å²) in [5.74, 6) is 0.703. The highest BCUT2D eigenvalue weighted by molar-refractivity contribution is 7.90. The number of sulfone groups is 1. The fraction of sp³-hybridized carbons (Fsp3) is 0.647. The Bertz CT molecular complexity index is 504. The van der Waals surface area contributed by atoms with Crippen LogP contribution >= 0.6 is 0 Å². The van der Waals surface area contributed by atoms with Gasteiger partial charge >= 0.3 is 0 Å². The summed E-state index contributed by atoms with van der Waals surface area (Å²) in [4.78, 5) is 0.392. The normalized spacial score (nSPS) is 13.6. The van der Waals surface area contributed by atoms with Crippen LogP contribution in [0.2, 0.25) is 0 Å². The smallest absolute Gasteiger partial charge is 0.175 e. The lowest BCUT2D eigenvalue weighted by molar-refractivity contribution is 0.371. The molecule has 0 heterocycles. The van der Waals surface area contributed by atoms with E-state index >= 15 is 0 Å². The molecule has 1 rings (SSSR count). The van der Waals surface area contributed by atoms with Gasteiger partial charge in [-0.1, -0.05) is 45.7 Å². The second kappa shape index (κ2) is 8.54. The van der Waals surface area contributed by atoms with E-state index in [4.69, 9.17) is 0 Å². The van der Waals surface area contributed by atoms with Crippen LogP contribution in [-0.4, -0.2) is 21.2 Å². The molecule has 1 N–H and O–H groups in total. The topological polar surface area (TPSA) is 46.2 Å². The van der Waals surface area contributed by atoms with Crippen LogP contribution in [0, 0.1) is 5.92 Å². The predicted octanol–water partition coefficient (Wildman–Crippen LogP) is 3.96. The van der Waals surface area contributed by atoms with Crippen molar-refractivity contribution in [3.8, 4) is 0 Å². The molecule has 1 unspecified atom stereocenters. The van der Waals surface area contributed by atoms with Crippen LogP contribution < -0.4 is 5.32 Å². The molecule has 0 saturated carbocycles. The van der Waals surface area contributed by atoms with Gasteiger partial charge in [-0.25, -0.2) is 8.42 Å². The molecule has 0 bridgehead atoms. The molecule has 0 saturated heterocycles. The lowest BCUT2D eigenvalue weighted by Crippen LogP contribution is -2.24. The fourth-order valence-corrected chi connectivity index (χ4v) is 3.19. The van der Waals surface area contributed by atoms with Gasteiger partial charge in [0.15, 0.2) is 9.84 Å². The zero-order valence-corrected chi connectivity index (χ0v) is 14.5. The Hall–Kier alpha value is -0.870. The van der Waals surface area contributed by atoms with Gasteiger partial charge in [-0.3, -0.25) is 0 Å². The average Bonchev–Trinajstić information content (AvgIpc) is 2.47. The molecule has 4 heteroatoms. The number of hydrogen-bond donors (Lipinski definition) is 1. The summed E-state index contributed by atoms with van der Waals surface area (Å²) in [7, 11) is -3.12. The largest absolute Gasteiger partial charge is 0.310 e. The molecule has 0 aromatic heterocycles. The van der Waals surface area contributed by atoms with Gasteiger partial charge in [0.2, 0.25) is 0 Å². The highest BCUT2D eigenvalue weighted by atomic mass is 32.2. The van der Waals surface area contributed by atoms with Crippen molar-refractivity contribution in [3.63, 3.8) is 0 Å². The van der Waals surface area contributed by atoms with Gasteiger partial charge in [-0.15, -0.1) is 0 Å². The molecule has 0 spiro atoms. The second-order valence-electron chi connectivity index (χ2n) is 5.77. The second-order valence-corrected chi connectivity index (χ2v) is 7.78. The molecule has 0 radical (unpaired) electrons. The van der Waals surface area contributed by atoms with Crippen LogP contribution in [0.3, 0.4) is 0 Å². The minimum atomic E-state index is -3.12. The molecular weight excluding hydrogens is 282 g/mol. The van der Waals surface area contributed by atoms with Crippen LogP contribution in [0.15, 0.2) is 29.2 Å². The summed E-state index contributed by atoms with van der Waals surface area (Å²) in [5, 5.41) is 3.59. The summed E-state index contributed by atoms with van der Waals surface area (Å²) in [6, 6.07) is 7.65. The third-order valence-electron chi connectivity index (χ3n) is 4.08. The van der Waals surface area contributed by atoms with E-state index in [0.717, 1.165) is 19.4 Å². The summed E-state index contributed by atoms with van der Waals surface area (Å²) >= 11 is 0. The summed E-state index contributed by atoms with van der Waals surface area (Å²) in [6.45, 7) is 7.61. The van der Waals surface area contributed by atoms with E-state index < -0.39 is 9.84 Å². The zero-order valence-electron chi connectivity index (χ0n) is 13.7. The van der Waals surface area contributed by atoms with Crippen LogP contribution in [0.25, 0.3) is 0 Å². The number of nitrogens with one attached hydrogen (secondary N) is 1. The maximum atomic E-state index is 11.5. The lowest BCUT2D eigenvalue weighted by atomic mass is 9.91. The molecule has 1 atom stereocenters. The van der Waals surface area contributed by atoms with Crippen molar-refractivity contribution < 1.29 is 8.42 Å². The van der Waals surface area contributed by atoms with Crippen molar-refractivity contribution in [2.75, 3.05) is 12.8 Å². The Morgan fingerprint density at radius 3 is 2.05 bits per heavy atom. The molecule has 0 fully saturated rings. The maximum absolute atomic E-state index is 11.5. The first-order valence-electron chi connectivity index (χ1n) is 7.95. The van der Waals surface area contributed by atoms with Gasteiger partial charge in [0.1, 0.15) is 0 Å². The molecule has 21 heavy (non-hydrogen) atoms. The van der Waals surface area contributed by atoms with Gasteiger partial charge in [0, 0.05) is 12.3 Å². The minimum Gasteiger partial charge on any atom is -0.310 e. The highest BCUT2D eigenvalue weighted by Gasteiger charge is 2.16. The van der Waals surface area contributed by atoms with Gasteiger partial charge in [0.05, 0.1) is 4.90 Å². The molecular formula is C17H29NO2S. The van der Waals surface area contributed by atoms with Crippen LogP contribution in [0.1, 0.15) is 58.1 Å².